The van der Waals surface area contributed by atoms with Gasteiger partial charge in [-0.1, -0.05) is 50.6 Å². The van der Waals surface area contributed by atoms with E-state index in [0.717, 1.165) is 37.5 Å². The molecule has 4 rings (SSSR count). The number of nitrogens with two attached hydrogens (primary N) is 1. The van der Waals surface area contributed by atoms with Crippen LogP contribution in [0.2, 0.25) is 0 Å². The van der Waals surface area contributed by atoms with Crippen LogP contribution in [0, 0.1) is 11.3 Å². The molecule has 0 radical (unpaired) electrons. The molecule has 1 spiro atoms. The van der Waals surface area contributed by atoms with Gasteiger partial charge >= 0.3 is 0 Å². The summed E-state index contributed by atoms with van der Waals surface area (Å²) >= 11 is 0. The van der Waals surface area contributed by atoms with Crippen molar-refractivity contribution >= 4 is 23.6 Å². The first kappa shape index (κ1) is 31.9. The SMILES string of the molecule is CC(C)CC(NC(=O)CNC(=O)C(N)Cc1ccccc1)C(=O)NCC(=O)N1CCC2(CC1)CC(N1CCCCC1)C2. The molecule has 10 nitrogen and oxygen atoms in total. The highest BCUT2D eigenvalue weighted by atomic mass is 16.2. The highest BCUT2D eigenvalue weighted by Gasteiger charge is 2.48. The van der Waals surface area contributed by atoms with Crippen molar-refractivity contribution in [1.29, 1.82) is 0 Å². The highest BCUT2D eigenvalue weighted by Crippen LogP contribution is 2.51. The molecule has 2 unspecified atom stereocenters. The van der Waals surface area contributed by atoms with Crippen LogP contribution in [0.15, 0.2) is 30.3 Å². The number of carbonyl (C=O) groups excluding carboxylic acids is 4. The summed E-state index contributed by atoms with van der Waals surface area (Å²) in [6.45, 7) is 7.50. The van der Waals surface area contributed by atoms with Crippen molar-refractivity contribution in [3.63, 3.8) is 0 Å². The molecule has 4 amide bonds. The fourth-order valence-corrected chi connectivity index (χ4v) is 6.73. The molecule has 3 aliphatic rings. The molecule has 0 bridgehead atoms. The summed E-state index contributed by atoms with van der Waals surface area (Å²) in [6, 6.07) is 8.56. The molecule has 1 saturated carbocycles. The predicted octanol–water partition coefficient (Wildman–Crippen LogP) is 1.58. The van der Waals surface area contributed by atoms with Gasteiger partial charge in [0, 0.05) is 19.1 Å². The van der Waals surface area contributed by atoms with Crippen molar-refractivity contribution in [2.45, 2.75) is 89.8 Å². The fourth-order valence-electron chi connectivity index (χ4n) is 6.73. The van der Waals surface area contributed by atoms with Crippen LogP contribution in [-0.2, 0) is 25.6 Å². The number of carbonyl (C=O) groups is 4. The average molecular weight is 583 g/mol. The van der Waals surface area contributed by atoms with Gasteiger partial charge in [0.15, 0.2) is 0 Å². The molecule has 1 aliphatic carbocycles. The normalized spacial score (nSPS) is 20.4. The van der Waals surface area contributed by atoms with Crippen LogP contribution in [-0.4, -0.2) is 90.8 Å². The third-order valence-corrected chi connectivity index (χ3v) is 9.25. The maximum absolute atomic E-state index is 13.0. The number of benzene rings is 1. The zero-order chi connectivity index (χ0) is 30.1. The second-order valence-electron chi connectivity index (χ2n) is 13.0. The summed E-state index contributed by atoms with van der Waals surface area (Å²) in [5.74, 6) is -1.25. The molecule has 1 aromatic carbocycles. The van der Waals surface area contributed by atoms with Crippen LogP contribution in [0.3, 0.4) is 0 Å². The van der Waals surface area contributed by atoms with Crippen LogP contribution in [0.5, 0.6) is 0 Å². The van der Waals surface area contributed by atoms with E-state index in [4.69, 9.17) is 5.73 Å². The minimum atomic E-state index is -0.800. The zero-order valence-corrected chi connectivity index (χ0v) is 25.4. The van der Waals surface area contributed by atoms with E-state index in [1.807, 2.05) is 49.1 Å². The van der Waals surface area contributed by atoms with Gasteiger partial charge in [-0.05, 0) is 81.4 Å². The zero-order valence-electron chi connectivity index (χ0n) is 25.4. The molecular formula is C32H50N6O4. The van der Waals surface area contributed by atoms with E-state index < -0.39 is 29.8 Å². The summed E-state index contributed by atoms with van der Waals surface area (Å²) in [5, 5.41) is 8.02. The second-order valence-corrected chi connectivity index (χ2v) is 13.0. The lowest BCUT2D eigenvalue weighted by Gasteiger charge is -2.56. The number of hydrogen-bond acceptors (Lipinski definition) is 6. The molecule has 5 N–H and O–H groups in total. The van der Waals surface area contributed by atoms with Gasteiger partial charge in [0.25, 0.3) is 0 Å². The minimum Gasteiger partial charge on any atom is -0.346 e. The van der Waals surface area contributed by atoms with E-state index in [1.54, 1.807) is 0 Å². The lowest BCUT2D eigenvalue weighted by Crippen LogP contribution is -2.57. The van der Waals surface area contributed by atoms with Crippen LogP contribution in [0.25, 0.3) is 0 Å². The van der Waals surface area contributed by atoms with Gasteiger partial charge in [-0.2, -0.15) is 0 Å². The van der Waals surface area contributed by atoms with Gasteiger partial charge in [0.05, 0.1) is 19.1 Å². The van der Waals surface area contributed by atoms with Crippen molar-refractivity contribution < 1.29 is 19.2 Å². The topological polar surface area (TPSA) is 137 Å². The molecule has 232 valence electrons. The van der Waals surface area contributed by atoms with Crippen LogP contribution < -0.4 is 21.7 Å². The third kappa shape index (κ3) is 9.01. The maximum Gasteiger partial charge on any atom is 0.243 e. The standard InChI is InChI=1S/C32H50N6O4/c1-23(2)17-27(36-28(39)21-34-30(41)26(33)18-24-9-5-3-6-10-24)31(42)35-22-29(40)38-15-11-32(12-16-38)19-25(20-32)37-13-7-4-8-14-37/h3,5-6,9-10,23,25-27H,4,7-8,11-22,33H2,1-2H3,(H,34,41)(H,35,42)(H,36,39). The lowest BCUT2D eigenvalue weighted by atomic mass is 9.60. The molecule has 1 aromatic rings. The van der Waals surface area contributed by atoms with Gasteiger partial charge in [0.2, 0.25) is 23.6 Å². The molecule has 2 aliphatic heterocycles. The summed E-state index contributed by atoms with van der Waals surface area (Å²) in [6.07, 6.45) is 9.33. The van der Waals surface area contributed by atoms with Crippen LogP contribution in [0.4, 0.5) is 0 Å². The Labute approximate surface area is 250 Å². The maximum atomic E-state index is 13.0. The Kier molecular flexibility index (Phi) is 11.4. The van der Waals surface area contributed by atoms with Gasteiger partial charge in [-0.25, -0.2) is 0 Å². The van der Waals surface area contributed by atoms with Gasteiger partial charge in [0.1, 0.15) is 6.04 Å². The van der Waals surface area contributed by atoms with Crippen molar-refractivity contribution in [3.8, 4) is 0 Å². The molecule has 42 heavy (non-hydrogen) atoms. The lowest BCUT2D eigenvalue weighted by molar-refractivity contribution is -0.137. The quantitative estimate of drug-likeness (QED) is 0.295. The molecule has 3 fully saturated rings. The number of amides is 4. The highest BCUT2D eigenvalue weighted by molar-refractivity contribution is 5.92. The predicted molar refractivity (Wildman–Crippen MR) is 162 cm³/mol. The Hall–Kier alpha value is -2.98. The van der Waals surface area contributed by atoms with E-state index in [2.05, 4.69) is 20.9 Å². The molecule has 2 atom stereocenters. The van der Waals surface area contributed by atoms with E-state index in [1.165, 1.54) is 45.2 Å². The number of hydrogen-bond donors (Lipinski definition) is 4. The fraction of sp³-hybridized carbons (Fsp3) is 0.688. The first-order valence-corrected chi connectivity index (χ1v) is 15.8. The average Bonchev–Trinajstić information content (AvgIpc) is 2.97. The van der Waals surface area contributed by atoms with Gasteiger partial charge < -0.3 is 31.5 Å². The number of piperidine rings is 2. The summed E-state index contributed by atoms with van der Waals surface area (Å²) in [4.78, 5) is 55.4. The Morgan fingerprint density at radius 2 is 1.55 bits per heavy atom. The van der Waals surface area contributed by atoms with Crippen LogP contribution >= 0.6 is 0 Å². The van der Waals surface area contributed by atoms with Gasteiger partial charge in [-0.15, -0.1) is 0 Å². The molecule has 0 aromatic heterocycles. The third-order valence-electron chi connectivity index (χ3n) is 9.25. The first-order chi connectivity index (χ1) is 20.1. The first-order valence-electron chi connectivity index (χ1n) is 15.8. The Balaban J connectivity index is 1.16. The van der Waals surface area contributed by atoms with E-state index >= 15 is 0 Å². The number of rotatable bonds is 12. The molecule has 2 saturated heterocycles. The largest absolute Gasteiger partial charge is 0.346 e. The van der Waals surface area contributed by atoms with E-state index in [-0.39, 0.29) is 24.9 Å². The van der Waals surface area contributed by atoms with E-state index in [9.17, 15) is 19.2 Å². The smallest absolute Gasteiger partial charge is 0.243 e. The van der Waals surface area contributed by atoms with Crippen molar-refractivity contribution in [3.05, 3.63) is 35.9 Å². The summed E-state index contributed by atoms with van der Waals surface area (Å²) in [5.41, 5.74) is 7.31. The van der Waals surface area contributed by atoms with Crippen LogP contribution in [0.1, 0.15) is 70.8 Å². The molecule has 2 heterocycles. The molecular weight excluding hydrogens is 532 g/mol. The second kappa shape index (κ2) is 15.0. The number of nitrogens with one attached hydrogen (secondary N) is 3. The number of nitrogens with zero attached hydrogens (tertiary/aromatic N) is 2. The summed E-state index contributed by atoms with van der Waals surface area (Å²) in [7, 11) is 0. The van der Waals surface area contributed by atoms with Crippen molar-refractivity contribution in [1.82, 2.24) is 25.8 Å². The van der Waals surface area contributed by atoms with E-state index in [0.29, 0.717) is 18.3 Å². The Bertz CT molecular complexity index is 1060. The minimum absolute atomic E-state index is 0.0839. The van der Waals surface area contributed by atoms with Crippen molar-refractivity contribution in [2.24, 2.45) is 17.1 Å². The number of likely N-dealkylation sites (tertiary alicyclic amines) is 2. The summed E-state index contributed by atoms with van der Waals surface area (Å²) < 4.78 is 0. The Morgan fingerprint density at radius 3 is 2.19 bits per heavy atom. The Morgan fingerprint density at radius 1 is 0.905 bits per heavy atom. The monoisotopic (exact) mass is 582 g/mol. The van der Waals surface area contributed by atoms with Gasteiger partial charge in [-0.3, -0.25) is 19.2 Å². The molecule has 10 heteroatoms. The van der Waals surface area contributed by atoms with Crippen molar-refractivity contribution in [2.75, 3.05) is 39.3 Å².